The number of nitrogens with zero attached hydrogens (tertiary/aromatic N) is 3. The molecule has 2 unspecified atom stereocenters. The van der Waals surface area contributed by atoms with Gasteiger partial charge in [0, 0.05) is 39.3 Å². The van der Waals surface area contributed by atoms with Gasteiger partial charge in [0.2, 0.25) is 5.91 Å². The van der Waals surface area contributed by atoms with Crippen LogP contribution in [-0.2, 0) is 16.1 Å². The second-order valence-electron chi connectivity index (χ2n) is 8.55. The lowest BCUT2D eigenvalue weighted by atomic mass is 10.1. The summed E-state index contributed by atoms with van der Waals surface area (Å²) < 4.78 is 25.3. The zero-order valence-corrected chi connectivity index (χ0v) is 18.6. The molecule has 2 aliphatic heterocycles. The summed E-state index contributed by atoms with van der Waals surface area (Å²) in [6.45, 7) is 5.23. The minimum atomic E-state index is -0.334. The van der Waals surface area contributed by atoms with E-state index in [1.54, 1.807) is 30.3 Å². The summed E-state index contributed by atoms with van der Waals surface area (Å²) in [6.07, 6.45) is 0.975. The Morgan fingerprint density at radius 3 is 2.48 bits per heavy atom. The molecule has 0 spiro atoms. The van der Waals surface area contributed by atoms with E-state index in [9.17, 15) is 9.18 Å². The SMILES string of the molecule is N#Cc1ccc(CNC(=O)CN2CC3CN(CCCOc4ccccc4F)CC(C2)O3)cc1. The summed E-state index contributed by atoms with van der Waals surface area (Å²) in [5.41, 5.74) is 1.58. The molecule has 2 atom stereocenters. The summed E-state index contributed by atoms with van der Waals surface area (Å²) in [4.78, 5) is 16.9. The van der Waals surface area contributed by atoms with Gasteiger partial charge in [-0.25, -0.2) is 4.39 Å². The van der Waals surface area contributed by atoms with Crippen LogP contribution in [0.3, 0.4) is 0 Å². The first-order valence-electron chi connectivity index (χ1n) is 11.3. The Morgan fingerprint density at radius 2 is 1.79 bits per heavy atom. The number of ether oxygens (including phenoxy) is 2. The van der Waals surface area contributed by atoms with Crippen LogP contribution in [0.2, 0.25) is 0 Å². The van der Waals surface area contributed by atoms with Crippen molar-refractivity contribution < 1.29 is 18.7 Å². The number of para-hydroxylation sites is 1. The van der Waals surface area contributed by atoms with Gasteiger partial charge in [-0.15, -0.1) is 0 Å². The molecule has 7 nitrogen and oxygen atoms in total. The van der Waals surface area contributed by atoms with Gasteiger partial charge in [0.1, 0.15) is 0 Å². The monoisotopic (exact) mass is 452 g/mol. The van der Waals surface area contributed by atoms with Crippen molar-refractivity contribution in [1.29, 1.82) is 5.26 Å². The molecule has 1 amide bonds. The van der Waals surface area contributed by atoms with E-state index < -0.39 is 0 Å². The summed E-state index contributed by atoms with van der Waals surface area (Å²) in [5, 5.41) is 11.8. The maximum atomic E-state index is 13.6. The molecule has 2 aromatic rings. The molecule has 4 rings (SSSR count). The molecule has 2 saturated heterocycles. The average Bonchev–Trinajstić information content (AvgIpc) is 2.81. The summed E-state index contributed by atoms with van der Waals surface area (Å²) in [7, 11) is 0. The lowest BCUT2D eigenvalue weighted by Gasteiger charge is -2.45. The highest BCUT2D eigenvalue weighted by atomic mass is 19.1. The van der Waals surface area contributed by atoms with E-state index in [2.05, 4.69) is 21.2 Å². The van der Waals surface area contributed by atoms with E-state index >= 15 is 0 Å². The number of hydrogen-bond donors (Lipinski definition) is 1. The third-order valence-electron chi connectivity index (χ3n) is 5.89. The number of halogens is 1. The van der Waals surface area contributed by atoms with E-state index in [0.29, 0.717) is 31.0 Å². The molecule has 2 bridgehead atoms. The number of nitriles is 1. The zero-order valence-electron chi connectivity index (χ0n) is 18.6. The Balaban J connectivity index is 1.15. The van der Waals surface area contributed by atoms with Crippen LogP contribution in [0.15, 0.2) is 48.5 Å². The third-order valence-corrected chi connectivity index (χ3v) is 5.89. The fraction of sp³-hybridized carbons (Fsp3) is 0.440. The van der Waals surface area contributed by atoms with Crippen molar-refractivity contribution in [2.24, 2.45) is 0 Å². The van der Waals surface area contributed by atoms with Gasteiger partial charge in [-0.05, 0) is 36.2 Å². The highest BCUT2D eigenvalue weighted by molar-refractivity contribution is 5.78. The molecule has 0 aromatic heterocycles. The van der Waals surface area contributed by atoms with Gasteiger partial charge in [-0.2, -0.15) is 5.26 Å². The first-order chi connectivity index (χ1) is 16.1. The van der Waals surface area contributed by atoms with Gasteiger partial charge >= 0.3 is 0 Å². The van der Waals surface area contributed by atoms with Gasteiger partial charge in [-0.3, -0.25) is 14.6 Å². The Morgan fingerprint density at radius 1 is 1.09 bits per heavy atom. The fourth-order valence-electron chi connectivity index (χ4n) is 4.36. The maximum Gasteiger partial charge on any atom is 0.234 e. The third kappa shape index (κ3) is 6.75. The summed E-state index contributed by atoms with van der Waals surface area (Å²) >= 11 is 0. The van der Waals surface area contributed by atoms with Crippen LogP contribution in [0.1, 0.15) is 17.5 Å². The molecule has 0 radical (unpaired) electrons. The molecule has 2 heterocycles. The molecule has 2 aliphatic rings. The average molecular weight is 453 g/mol. The van der Waals surface area contributed by atoms with Crippen molar-refractivity contribution in [3.8, 4) is 11.8 Å². The van der Waals surface area contributed by atoms with E-state index in [0.717, 1.165) is 44.7 Å². The van der Waals surface area contributed by atoms with E-state index in [1.807, 2.05) is 12.1 Å². The van der Waals surface area contributed by atoms with Gasteiger partial charge in [0.15, 0.2) is 11.6 Å². The zero-order chi connectivity index (χ0) is 23.0. The molecule has 2 fully saturated rings. The van der Waals surface area contributed by atoms with Gasteiger partial charge in [0.25, 0.3) is 0 Å². The van der Waals surface area contributed by atoms with E-state index in [-0.39, 0.29) is 23.9 Å². The lowest BCUT2D eigenvalue weighted by molar-refractivity contribution is -0.145. The lowest BCUT2D eigenvalue weighted by Crippen LogP contribution is -2.60. The first kappa shape index (κ1) is 23.2. The molecule has 0 saturated carbocycles. The molecular formula is C25H29FN4O3. The molecule has 174 valence electrons. The predicted molar refractivity (Wildman–Crippen MR) is 121 cm³/mol. The second-order valence-corrected chi connectivity index (χ2v) is 8.55. The van der Waals surface area contributed by atoms with Crippen molar-refractivity contribution in [1.82, 2.24) is 15.1 Å². The fourth-order valence-corrected chi connectivity index (χ4v) is 4.36. The highest BCUT2D eigenvalue weighted by Crippen LogP contribution is 2.20. The Kier molecular flexibility index (Phi) is 7.89. The first-order valence-corrected chi connectivity index (χ1v) is 11.3. The molecule has 8 heteroatoms. The molecule has 1 N–H and O–H groups in total. The number of benzene rings is 2. The van der Waals surface area contributed by atoms with Crippen molar-refractivity contribution >= 4 is 5.91 Å². The Hall–Kier alpha value is -2.99. The number of fused-ring (bicyclic) bond motifs is 2. The number of carbonyl (C=O) groups excluding carboxylic acids is 1. The second kappa shape index (κ2) is 11.2. The quantitative estimate of drug-likeness (QED) is 0.588. The van der Waals surface area contributed by atoms with Crippen LogP contribution in [0.5, 0.6) is 5.75 Å². The van der Waals surface area contributed by atoms with E-state index in [1.165, 1.54) is 6.07 Å². The van der Waals surface area contributed by atoms with Crippen LogP contribution < -0.4 is 10.1 Å². The van der Waals surface area contributed by atoms with Crippen LogP contribution in [0.25, 0.3) is 0 Å². The number of carbonyl (C=O) groups is 1. The molecule has 33 heavy (non-hydrogen) atoms. The minimum absolute atomic E-state index is 0.0125. The summed E-state index contributed by atoms with van der Waals surface area (Å²) in [5.74, 6) is -0.0506. The standard InChI is InChI=1S/C25H29FN4O3/c26-23-4-1-2-5-24(23)32-11-3-10-29-14-21-16-30(17-22(15-29)33-21)18-25(31)28-13-20-8-6-19(12-27)7-9-20/h1-2,4-9,21-22H,3,10-11,13-18H2,(H,28,31). The van der Waals surface area contributed by atoms with Gasteiger partial charge in [0.05, 0.1) is 37.0 Å². The van der Waals surface area contributed by atoms with Gasteiger partial charge in [-0.1, -0.05) is 24.3 Å². The topological polar surface area (TPSA) is 77.8 Å². The number of hydrogen-bond acceptors (Lipinski definition) is 6. The number of amides is 1. The van der Waals surface area contributed by atoms with Crippen molar-refractivity contribution in [2.75, 3.05) is 45.9 Å². The smallest absolute Gasteiger partial charge is 0.234 e. The minimum Gasteiger partial charge on any atom is -0.490 e. The van der Waals surface area contributed by atoms with Crippen LogP contribution >= 0.6 is 0 Å². The normalized spacial score (nSPS) is 20.7. The molecule has 0 aliphatic carbocycles. The predicted octanol–water partition coefficient (Wildman–Crippen LogP) is 2.17. The van der Waals surface area contributed by atoms with Gasteiger partial charge < -0.3 is 14.8 Å². The highest BCUT2D eigenvalue weighted by Gasteiger charge is 2.35. The van der Waals surface area contributed by atoms with Crippen molar-refractivity contribution in [2.45, 2.75) is 25.2 Å². The van der Waals surface area contributed by atoms with E-state index in [4.69, 9.17) is 14.7 Å². The largest absolute Gasteiger partial charge is 0.490 e. The van der Waals surface area contributed by atoms with Crippen molar-refractivity contribution in [3.05, 3.63) is 65.5 Å². The maximum absolute atomic E-state index is 13.6. The number of rotatable bonds is 9. The number of morpholine rings is 2. The van der Waals surface area contributed by atoms with Crippen LogP contribution in [0.4, 0.5) is 4.39 Å². The summed E-state index contributed by atoms with van der Waals surface area (Å²) in [6, 6.07) is 15.8. The Labute approximate surface area is 193 Å². The van der Waals surface area contributed by atoms with Crippen LogP contribution in [-0.4, -0.2) is 73.8 Å². The van der Waals surface area contributed by atoms with Crippen LogP contribution in [0, 0.1) is 17.1 Å². The molecular weight excluding hydrogens is 423 g/mol. The number of nitrogens with one attached hydrogen (secondary N) is 1. The van der Waals surface area contributed by atoms with Crippen molar-refractivity contribution in [3.63, 3.8) is 0 Å². The Bertz CT molecular complexity index is 964. The molecule has 2 aromatic carbocycles.